The van der Waals surface area contributed by atoms with Gasteiger partial charge in [-0.25, -0.2) is 4.98 Å². The standard InChI is InChI=1S/C14H9N3O3S2/c18-13(11-5-6-12(22-11)17(19)20)16-10-3-1-9(2-4-10)14-15-7-8-21-14/h1-8H,(H,16,18). The summed E-state index contributed by atoms with van der Waals surface area (Å²) in [5.74, 6) is -0.361. The molecule has 8 heteroatoms. The zero-order chi connectivity index (χ0) is 15.5. The molecule has 0 aliphatic carbocycles. The molecule has 0 spiro atoms. The SMILES string of the molecule is O=C(Nc1ccc(-c2nccs2)cc1)c1ccc([N+](=O)[O-])s1. The van der Waals surface area contributed by atoms with Crippen LogP contribution in [0.2, 0.25) is 0 Å². The van der Waals surface area contributed by atoms with Gasteiger partial charge in [0.2, 0.25) is 0 Å². The van der Waals surface area contributed by atoms with Crippen LogP contribution in [0.4, 0.5) is 10.7 Å². The molecule has 1 aromatic carbocycles. The predicted molar refractivity (Wildman–Crippen MR) is 86.5 cm³/mol. The number of carbonyl (C=O) groups is 1. The van der Waals surface area contributed by atoms with Gasteiger partial charge in [0.15, 0.2) is 0 Å². The summed E-state index contributed by atoms with van der Waals surface area (Å²) in [7, 11) is 0. The van der Waals surface area contributed by atoms with E-state index in [1.165, 1.54) is 23.5 Å². The van der Waals surface area contributed by atoms with E-state index in [1.807, 2.05) is 17.5 Å². The number of hydrogen-bond donors (Lipinski definition) is 1. The van der Waals surface area contributed by atoms with E-state index in [1.54, 1.807) is 18.3 Å². The molecule has 22 heavy (non-hydrogen) atoms. The number of carbonyl (C=O) groups excluding carboxylic acids is 1. The molecule has 3 aromatic rings. The number of nitro groups is 1. The van der Waals surface area contributed by atoms with Gasteiger partial charge in [0.05, 0.1) is 9.80 Å². The smallest absolute Gasteiger partial charge is 0.321 e. The molecule has 2 heterocycles. The van der Waals surface area contributed by atoms with E-state index in [-0.39, 0.29) is 10.9 Å². The molecule has 6 nitrogen and oxygen atoms in total. The number of nitrogens with zero attached hydrogens (tertiary/aromatic N) is 2. The van der Waals surface area contributed by atoms with Crippen LogP contribution in [0.15, 0.2) is 48.0 Å². The molecule has 0 fully saturated rings. The van der Waals surface area contributed by atoms with Gasteiger partial charge in [-0.05, 0) is 30.3 Å². The largest absolute Gasteiger partial charge is 0.324 e. The van der Waals surface area contributed by atoms with Gasteiger partial charge in [0.25, 0.3) is 5.91 Å². The summed E-state index contributed by atoms with van der Waals surface area (Å²) in [6.45, 7) is 0. The van der Waals surface area contributed by atoms with Crippen LogP contribution in [0.3, 0.4) is 0 Å². The fourth-order valence-corrected chi connectivity index (χ4v) is 3.16. The average molecular weight is 331 g/mol. The minimum Gasteiger partial charge on any atom is -0.321 e. The lowest BCUT2D eigenvalue weighted by Crippen LogP contribution is -2.09. The second-order valence-corrected chi connectivity index (χ2v) is 6.22. The number of amides is 1. The third-order valence-corrected chi connectivity index (χ3v) is 4.68. The van der Waals surface area contributed by atoms with Crippen molar-refractivity contribution >= 4 is 39.3 Å². The molecule has 0 aliphatic rings. The first-order valence-electron chi connectivity index (χ1n) is 6.19. The van der Waals surface area contributed by atoms with Crippen LogP contribution in [0, 0.1) is 10.1 Å². The molecule has 110 valence electrons. The van der Waals surface area contributed by atoms with E-state index in [0.29, 0.717) is 10.6 Å². The maximum Gasteiger partial charge on any atom is 0.324 e. The Labute approximate surface area is 133 Å². The van der Waals surface area contributed by atoms with Crippen molar-refractivity contribution in [1.82, 2.24) is 4.98 Å². The highest BCUT2D eigenvalue weighted by Crippen LogP contribution is 2.26. The first-order valence-corrected chi connectivity index (χ1v) is 7.88. The third kappa shape index (κ3) is 3.02. The molecule has 0 atom stereocenters. The van der Waals surface area contributed by atoms with Crippen molar-refractivity contribution in [3.8, 4) is 10.6 Å². The van der Waals surface area contributed by atoms with Gasteiger partial charge in [-0.2, -0.15) is 0 Å². The van der Waals surface area contributed by atoms with Crippen LogP contribution >= 0.6 is 22.7 Å². The lowest BCUT2D eigenvalue weighted by molar-refractivity contribution is -0.380. The summed E-state index contributed by atoms with van der Waals surface area (Å²) in [5.41, 5.74) is 1.60. The lowest BCUT2D eigenvalue weighted by Gasteiger charge is -2.04. The first-order chi connectivity index (χ1) is 10.6. The van der Waals surface area contributed by atoms with Gasteiger partial charge in [-0.1, -0.05) is 11.3 Å². The molecule has 2 aromatic heterocycles. The molecular weight excluding hydrogens is 322 g/mol. The Morgan fingerprint density at radius 3 is 2.55 bits per heavy atom. The Kier molecular flexibility index (Phi) is 3.94. The Balaban J connectivity index is 1.72. The van der Waals surface area contributed by atoms with Crippen LogP contribution < -0.4 is 5.32 Å². The number of hydrogen-bond acceptors (Lipinski definition) is 6. The summed E-state index contributed by atoms with van der Waals surface area (Å²) < 4.78 is 0. The fraction of sp³-hybridized carbons (Fsp3) is 0. The minimum atomic E-state index is -0.510. The topological polar surface area (TPSA) is 85.1 Å². The maximum atomic E-state index is 12.0. The average Bonchev–Trinajstić information content (AvgIpc) is 3.20. The van der Waals surface area contributed by atoms with Gasteiger partial charge in [0.1, 0.15) is 5.01 Å². The van der Waals surface area contributed by atoms with Crippen molar-refractivity contribution < 1.29 is 9.72 Å². The van der Waals surface area contributed by atoms with Crippen LogP contribution in [-0.2, 0) is 0 Å². The monoisotopic (exact) mass is 331 g/mol. The van der Waals surface area contributed by atoms with Crippen molar-refractivity contribution in [3.63, 3.8) is 0 Å². The van der Waals surface area contributed by atoms with E-state index in [9.17, 15) is 14.9 Å². The van der Waals surface area contributed by atoms with Crippen LogP contribution in [0.5, 0.6) is 0 Å². The predicted octanol–water partition coefficient (Wildman–Crippen LogP) is 4.03. The Hall–Kier alpha value is -2.58. The number of anilines is 1. The van der Waals surface area contributed by atoms with Crippen molar-refractivity contribution in [2.24, 2.45) is 0 Å². The number of benzene rings is 1. The molecule has 0 saturated carbocycles. The second-order valence-electron chi connectivity index (χ2n) is 4.26. The molecule has 0 bridgehead atoms. The molecule has 1 amide bonds. The quantitative estimate of drug-likeness (QED) is 0.577. The summed E-state index contributed by atoms with van der Waals surface area (Å²) >= 11 is 2.39. The highest BCUT2D eigenvalue weighted by molar-refractivity contribution is 7.17. The molecule has 1 N–H and O–H groups in total. The summed E-state index contributed by atoms with van der Waals surface area (Å²) in [6, 6.07) is 10.1. The minimum absolute atomic E-state index is 0.0516. The molecule has 0 radical (unpaired) electrons. The van der Waals surface area contributed by atoms with Crippen molar-refractivity contribution in [2.75, 3.05) is 5.32 Å². The van der Waals surface area contributed by atoms with Crippen LogP contribution in [-0.4, -0.2) is 15.8 Å². The maximum absolute atomic E-state index is 12.0. The van der Waals surface area contributed by atoms with Crippen LogP contribution in [0.1, 0.15) is 9.67 Å². The van der Waals surface area contributed by atoms with E-state index in [0.717, 1.165) is 21.9 Å². The molecule has 3 rings (SSSR count). The van der Waals surface area contributed by atoms with Gasteiger partial charge in [0, 0.05) is 28.9 Å². The van der Waals surface area contributed by atoms with Gasteiger partial charge in [-0.3, -0.25) is 14.9 Å². The van der Waals surface area contributed by atoms with E-state index >= 15 is 0 Å². The summed E-state index contributed by atoms with van der Waals surface area (Å²) in [5, 5.41) is 16.1. The molecular formula is C14H9N3O3S2. The molecule has 0 aliphatic heterocycles. The van der Waals surface area contributed by atoms with E-state index in [2.05, 4.69) is 10.3 Å². The van der Waals surface area contributed by atoms with Crippen LogP contribution in [0.25, 0.3) is 10.6 Å². The lowest BCUT2D eigenvalue weighted by atomic mass is 10.2. The Bertz CT molecular complexity index is 810. The Morgan fingerprint density at radius 2 is 1.95 bits per heavy atom. The summed E-state index contributed by atoms with van der Waals surface area (Å²) in [4.78, 5) is 26.7. The molecule has 0 unspecified atom stereocenters. The third-order valence-electron chi connectivity index (χ3n) is 2.82. The van der Waals surface area contributed by atoms with Gasteiger partial charge >= 0.3 is 5.00 Å². The summed E-state index contributed by atoms with van der Waals surface area (Å²) in [6.07, 6.45) is 1.74. The number of aromatic nitrogens is 1. The second kappa shape index (κ2) is 6.04. The fourth-order valence-electron chi connectivity index (χ4n) is 1.80. The van der Waals surface area contributed by atoms with Crippen molar-refractivity contribution in [2.45, 2.75) is 0 Å². The normalized spacial score (nSPS) is 10.4. The van der Waals surface area contributed by atoms with Crippen molar-refractivity contribution in [3.05, 3.63) is 63.0 Å². The number of rotatable bonds is 4. The zero-order valence-electron chi connectivity index (χ0n) is 11.1. The number of thiazole rings is 1. The Morgan fingerprint density at radius 1 is 1.18 bits per heavy atom. The van der Waals surface area contributed by atoms with Gasteiger partial charge in [-0.15, -0.1) is 11.3 Å². The number of nitrogens with one attached hydrogen (secondary N) is 1. The van der Waals surface area contributed by atoms with Crippen molar-refractivity contribution in [1.29, 1.82) is 0 Å². The highest BCUT2D eigenvalue weighted by atomic mass is 32.1. The first kappa shape index (κ1) is 14.4. The zero-order valence-corrected chi connectivity index (χ0v) is 12.7. The highest BCUT2D eigenvalue weighted by Gasteiger charge is 2.15. The molecule has 0 saturated heterocycles. The van der Waals surface area contributed by atoms with Gasteiger partial charge < -0.3 is 5.32 Å². The van der Waals surface area contributed by atoms with E-state index < -0.39 is 4.92 Å². The van der Waals surface area contributed by atoms with E-state index in [4.69, 9.17) is 0 Å². The number of thiophene rings is 1.